The first-order valence-electron chi connectivity index (χ1n) is 8.61. The summed E-state index contributed by atoms with van der Waals surface area (Å²) in [7, 11) is 3.15. The van der Waals surface area contributed by atoms with Crippen molar-refractivity contribution in [1.82, 2.24) is 10.3 Å². The van der Waals surface area contributed by atoms with E-state index in [2.05, 4.69) is 5.32 Å². The first-order valence-corrected chi connectivity index (χ1v) is 8.61. The number of fused-ring (bicyclic) bond motifs is 1. The number of para-hydroxylation sites is 1. The lowest BCUT2D eigenvalue weighted by Gasteiger charge is -2.14. The maximum atomic E-state index is 12.7. The minimum atomic E-state index is -0.339. The van der Waals surface area contributed by atoms with Gasteiger partial charge in [-0.25, -0.2) is 4.98 Å². The molecule has 6 nitrogen and oxygen atoms in total. The maximum absolute atomic E-state index is 12.7. The lowest BCUT2D eigenvalue weighted by atomic mass is 10.0. The van der Waals surface area contributed by atoms with Crippen molar-refractivity contribution in [3.05, 3.63) is 54.1 Å². The number of nitrogens with one attached hydrogen (secondary N) is 1. The second-order valence-corrected chi connectivity index (χ2v) is 6.20. The van der Waals surface area contributed by atoms with Crippen LogP contribution in [0.1, 0.15) is 17.3 Å². The van der Waals surface area contributed by atoms with Gasteiger partial charge in [-0.1, -0.05) is 18.2 Å². The van der Waals surface area contributed by atoms with E-state index in [1.807, 2.05) is 36.4 Å². The van der Waals surface area contributed by atoms with Crippen molar-refractivity contribution in [3.8, 4) is 22.8 Å². The van der Waals surface area contributed by atoms with Crippen LogP contribution in [0, 0.1) is 0 Å². The van der Waals surface area contributed by atoms with Crippen LogP contribution in [0.4, 0.5) is 0 Å². The Bertz CT molecular complexity index is 972. The molecule has 0 fully saturated rings. The Morgan fingerprint density at radius 3 is 2.56 bits per heavy atom. The van der Waals surface area contributed by atoms with Crippen LogP contribution in [0.15, 0.2) is 48.5 Å². The molecule has 2 N–H and O–H groups in total. The fraction of sp³-hybridized carbons (Fsp3) is 0.238. The lowest BCUT2D eigenvalue weighted by Crippen LogP contribution is -2.35. The monoisotopic (exact) mass is 366 g/mol. The van der Waals surface area contributed by atoms with Crippen molar-refractivity contribution in [2.45, 2.75) is 13.0 Å². The Hall–Kier alpha value is -3.12. The molecule has 140 valence electrons. The van der Waals surface area contributed by atoms with Gasteiger partial charge in [-0.3, -0.25) is 4.79 Å². The number of ether oxygens (including phenoxy) is 2. The summed E-state index contributed by atoms with van der Waals surface area (Å²) in [5.41, 5.74) is 2.68. The fourth-order valence-electron chi connectivity index (χ4n) is 2.85. The number of amides is 1. The molecule has 0 aliphatic carbocycles. The number of methoxy groups -OCH3 is 2. The predicted octanol–water partition coefficient (Wildman–Crippen LogP) is 3.03. The zero-order valence-electron chi connectivity index (χ0n) is 15.5. The summed E-state index contributed by atoms with van der Waals surface area (Å²) in [5.74, 6) is 0.957. The molecule has 0 aliphatic heterocycles. The Balaban J connectivity index is 2.13. The summed E-state index contributed by atoms with van der Waals surface area (Å²) < 4.78 is 10.7. The van der Waals surface area contributed by atoms with Crippen LogP contribution in [0.3, 0.4) is 0 Å². The molecule has 0 saturated carbocycles. The van der Waals surface area contributed by atoms with Gasteiger partial charge >= 0.3 is 0 Å². The van der Waals surface area contributed by atoms with Gasteiger partial charge in [0.25, 0.3) is 5.91 Å². The molecule has 6 heteroatoms. The number of aromatic nitrogens is 1. The quantitative estimate of drug-likeness (QED) is 0.701. The molecule has 1 unspecified atom stereocenters. The molecule has 0 spiro atoms. The van der Waals surface area contributed by atoms with Crippen LogP contribution < -0.4 is 14.8 Å². The Kier molecular flexibility index (Phi) is 5.57. The first kappa shape index (κ1) is 18.7. The molecular weight excluding hydrogens is 344 g/mol. The van der Waals surface area contributed by atoms with E-state index in [-0.39, 0.29) is 18.6 Å². The second kappa shape index (κ2) is 8.05. The highest BCUT2D eigenvalue weighted by Crippen LogP contribution is 2.33. The normalized spacial score (nSPS) is 11.9. The average Bonchev–Trinajstić information content (AvgIpc) is 2.72. The van der Waals surface area contributed by atoms with E-state index in [4.69, 9.17) is 14.5 Å². The standard InChI is InChI=1S/C21H22N2O4/c1-13(12-24)22-21(25)16-11-18(23-17-7-5-4-6-15(16)17)14-8-9-19(26-2)20(10-14)27-3/h4-11,13,24H,12H2,1-3H3,(H,22,25). The van der Waals surface area contributed by atoms with E-state index in [0.717, 1.165) is 10.9 Å². The molecule has 1 heterocycles. The Labute approximate surface area is 157 Å². The maximum Gasteiger partial charge on any atom is 0.252 e. The van der Waals surface area contributed by atoms with Gasteiger partial charge in [-0.15, -0.1) is 0 Å². The number of aliphatic hydroxyl groups is 1. The summed E-state index contributed by atoms with van der Waals surface area (Å²) >= 11 is 0. The van der Waals surface area contributed by atoms with Crippen LogP contribution in [-0.4, -0.2) is 42.9 Å². The smallest absolute Gasteiger partial charge is 0.252 e. The third-order valence-electron chi connectivity index (χ3n) is 4.29. The Morgan fingerprint density at radius 2 is 1.85 bits per heavy atom. The molecule has 1 atom stereocenters. The van der Waals surface area contributed by atoms with Gasteiger partial charge in [0, 0.05) is 17.0 Å². The average molecular weight is 366 g/mol. The molecule has 27 heavy (non-hydrogen) atoms. The molecule has 1 aromatic heterocycles. The molecule has 2 aromatic carbocycles. The zero-order valence-corrected chi connectivity index (χ0v) is 15.5. The van der Waals surface area contributed by atoms with Gasteiger partial charge in [-0.05, 0) is 37.3 Å². The molecule has 0 saturated heterocycles. The van der Waals surface area contributed by atoms with Crippen LogP contribution in [0.2, 0.25) is 0 Å². The summed E-state index contributed by atoms with van der Waals surface area (Å²) in [4.78, 5) is 17.4. The SMILES string of the molecule is COc1ccc(-c2cc(C(=O)NC(C)CO)c3ccccc3n2)cc1OC. The fourth-order valence-corrected chi connectivity index (χ4v) is 2.85. The highest BCUT2D eigenvalue weighted by Gasteiger charge is 2.16. The largest absolute Gasteiger partial charge is 0.493 e. The molecule has 0 radical (unpaired) electrons. The van der Waals surface area contributed by atoms with Gasteiger partial charge in [-0.2, -0.15) is 0 Å². The van der Waals surface area contributed by atoms with Gasteiger partial charge in [0.05, 0.1) is 37.6 Å². The third-order valence-corrected chi connectivity index (χ3v) is 4.29. The number of aliphatic hydroxyl groups excluding tert-OH is 1. The third kappa shape index (κ3) is 3.85. The van der Waals surface area contributed by atoms with Gasteiger partial charge in [0.2, 0.25) is 0 Å². The van der Waals surface area contributed by atoms with Gasteiger partial charge < -0.3 is 19.9 Å². The molecule has 1 amide bonds. The van der Waals surface area contributed by atoms with Crippen LogP contribution >= 0.6 is 0 Å². The molecule has 0 aliphatic rings. The van der Waals surface area contributed by atoms with Crippen molar-refractivity contribution < 1.29 is 19.4 Å². The highest BCUT2D eigenvalue weighted by molar-refractivity contribution is 6.07. The summed E-state index contributed by atoms with van der Waals surface area (Å²) in [5, 5.41) is 12.8. The zero-order chi connectivity index (χ0) is 19.4. The van der Waals surface area contributed by atoms with Crippen molar-refractivity contribution in [2.75, 3.05) is 20.8 Å². The topological polar surface area (TPSA) is 80.7 Å². The number of carbonyl (C=O) groups is 1. The van der Waals surface area contributed by atoms with Crippen molar-refractivity contribution in [2.24, 2.45) is 0 Å². The Morgan fingerprint density at radius 1 is 1.11 bits per heavy atom. The highest BCUT2D eigenvalue weighted by atomic mass is 16.5. The van der Waals surface area contributed by atoms with Crippen molar-refractivity contribution in [1.29, 1.82) is 0 Å². The second-order valence-electron chi connectivity index (χ2n) is 6.20. The minimum absolute atomic E-state index is 0.128. The first-order chi connectivity index (χ1) is 13.1. The molecule has 3 aromatic rings. The summed E-state index contributed by atoms with van der Waals surface area (Å²) in [6.07, 6.45) is 0. The number of pyridine rings is 1. The van der Waals surface area contributed by atoms with Crippen LogP contribution in [0.25, 0.3) is 22.2 Å². The lowest BCUT2D eigenvalue weighted by molar-refractivity contribution is 0.0924. The van der Waals surface area contributed by atoms with Gasteiger partial charge in [0.15, 0.2) is 11.5 Å². The van der Waals surface area contributed by atoms with E-state index >= 15 is 0 Å². The van der Waals surface area contributed by atoms with Gasteiger partial charge in [0.1, 0.15) is 0 Å². The number of hydrogen-bond acceptors (Lipinski definition) is 5. The van der Waals surface area contributed by atoms with Crippen LogP contribution in [-0.2, 0) is 0 Å². The van der Waals surface area contributed by atoms with Crippen molar-refractivity contribution >= 4 is 16.8 Å². The van der Waals surface area contributed by atoms with E-state index in [9.17, 15) is 9.90 Å². The van der Waals surface area contributed by atoms with Crippen LogP contribution in [0.5, 0.6) is 11.5 Å². The predicted molar refractivity (Wildman–Crippen MR) is 104 cm³/mol. The number of benzene rings is 2. The number of hydrogen-bond donors (Lipinski definition) is 2. The van der Waals surface area contributed by atoms with E-state index in [0.29, 0.717) is 28.3 Å². The number of carbonyl (C=O) groups excluding carboxylic acids is 1. The molecule has 0 bridgehead atoms. The number of rotatable bonds is 6. The number of nitrogens with zero attached hydrogens (tertiary/aromatic N) is 1. The molecular formula is C21H22N2O4. The van der Waals surface area contributed by atoms with E-state index < -0.39 is 0 Å². The molecule has 3 rings (SSSR count). The van der Waals surface area contributed by atoms with E-state index in [1.165, 1.54) is 0 Å². The van der Waals surface area contributed by atoms with Crippen molar-refractivity contribution in [3.63, 3.8) is 0 Å². The summed E-state index contributed by atoms with van der Waals surface area (Å²) in [6, 6.07) is 14.4. The van der Waals surface area contributed by atoms with E-state index in [1.54, 1.807) is 33.3 Å². The summed E-state index contributed by atoms with van der Waals surface area (Å²) in [6.45, 7) is 1.62. The minimum Gasteiger partial charge on any atom is -0.493 e.